The van der Waals surface area contributed by atoms with Crippen molar-refractivity contribution in [3.05, 3.63) is 36.4 Å². The smallest absolute Gasteiger partial charge is 0.321 e. The van der Waals surface area contributed by atoms with E-state index in [9.17, 15) is 4.79 Å². The molecule has 168 valence electrons. The summed E-state index contributed by atoms with van der Waals surface area (Å²) in [6, 6.07) is 5.52. The van der Waals surface area contributed by atoms with Crippen molar-refractivity contribution in [3.8, 4) is 11.5 Å². The number of hydrogen-bond donors (Lipinski definition) is 1. The molecule has 1 aromatic heterocycles. The second kappa shape index (κ2) is 10.0. The van der Waals surface area contributed by atoms with Crippen molar-refractivity contribution in [2.45, 2.75) is 44.8 Å². The molecular weight excluding hydrogens is 394 g/mol. The van der Waals surface area contributed by atoms with Crippen molar-refractivity contribution in [1.82, 2.24) is 19.4 Å². The molecule has 2 amide bonds. The van der Waals surface area contributed by atoms with Crippen molar-refractivity contribution in [1.29, 1.82) is 0 Å². The number of carbonyl (C=O) groups excluding carboxylic acids is 1. The minimum Gasteiger partial charge on any atom is -0.493 e. The maximum atomic E-state index is 12.9. The van der Waals surface area contributed by atoms with Crippen LogP contribution in [0.15, 0.2) is 30.6 Å². The van der Waals surface area contributed by atoms with E-state index in [4.69, 9.17) is 9.47 Å². The molecule has 2 heterocycles. The number of rotatable bonds is 6. The highest BCUT2D eigenvalue weighted by molar-refractivity contribution is 5.89. The Morgan fingerprint density at radius 1 is 1.13 bits per heavy atom. The fourth-order valence-electron chi connectivity index (χ4n) is 4.32. The lowest BCUT2D eigenvalue weighted by Crippen LogP contribution is -2.38. The summed E-state index contributed by atoms with van der Waals surface area (Å²) >= 11 is 0. The van der Waals surface area contributed by atoms with Gasteiger partial charge in [0.1, 0.15) is 5.82 Å². The summed E-state index contributed by atoms with van der Waals surface area (Å²) in [5, 5.41) is 3.04. The summed E-state index contributed by atoms with van der Waals surface area (Å²) in [6.07, 6.45) is 9.51. The molecular formula is C23H33N5O3. The van der Waals surface area contributed by atoms with Crippen LogP contribution in [0.3, 0.4) is 0 Å². The second-order valence-corrected chi connectivity index (χ2v) is 8.39. The van der Waals surface area contributed by atoms with Crippen molar-refractivity contribution in [2.24, 2.45) is 7.05 Å². The Kier molecular flexibility index (Phi) is 6.96. The molecule has 0 unspecified atom stereocenters. The van der Waals surface area contributed by atoms with E-state index in [1.54, 1.807) is 7.11 Å². The van der Waals surface area contributed by atoms with Crippen LogP contribution in [0.25, 0.3) is 0 Å². The summed E-state index contributed by atoms with van der Waals surface area (Å²) in [7, 11) is 3.66. The highest BCUT2D eigenvalue weighted by Gasteiger charge is 2.22. The molecule has 8 heteroatoms. The van der Waals surface area contributed by atoms with Crippen LogP contribution in [0.1, 0.15) is 37.9 Å². The van der Waals surface area contributed by atoms with Crippen molar-refractivity contribution < 1.29 is 14.3 Å². The van der Waals surface area contributed by atoms with E-state index in [1.165, 1.54) is 12.8 Å². The molecule has 0 atom stereocenters. The first-order valence-electron chi connectivity index (χ1n) is 11.2. The Balaban J connectivity index is 1.34. The van der Waals surface area contributed by atoms with Crippen LogP contribution in [0.2, 0.25) is 0 Å². The minimum atomic E-state index is -0.0733. The van der Waals surface area contributed by atoms with Gasteiger partial charge in [-0.25, -0.2) is 9.78 Å². The van der Waals surface area contributed by atoms with Crippen LogP contribution in [-0.4, -0.2) is 64.8 Å². The van der Waals surface area contributed by atoms with Gasteiger partial charge in [-0.15, -0.1) is 0 Å². The highest BCUT2D eigenvalue weighted by atomic mass is 16.5. The summed E-state index contributed by atoms with van der Waals surface area (Å²) < 4.78 is 13.7. The van der Waals surface area contributed by atoms with Gasteiger partial charge in [-0.1, -0.05) is 0 Å². The molecule has 1 N–H and O–H groups in total. The molecule has 1 aromatic carbocycles. The third kappa shape index (κ3) is 5.50. The molecule has 2 fully saturated rings. The van der Waals surface area contributed by atoms with E-state index in [2.05, 4.69) is 15.2 Å². The number of hydrogen-bond acceptors (Lipinski definition) is 5. The van der Waals surface area contributed by atoms with E-state index in [0.717, 1.165) is 57.0 Å². The topological polar surface area (TPSA) is 71.9 Å². The molecule has 0 radical (unpaired) electrons. The molecule has 0 spiro atoms. The highest BCUT2D eigenvalue weighted by Crippen LogP contribution is 2.34. The molecule has 1 saturated heterocycles. The maximum Gasteiger partial charge on any atom is 0.321 e. The van der Waals surface area contributed by atoms with Crippen LogP contribution < -0.4 is 14.8 Å². The number of nitrogens with one attached hydrogen (secondary N) is 1. The SMILES string of the molecule is COc1ccc(NC(=O)N2CCCN(Cc3nccn3C)CC2)cc1OC1CCCC1. The van der Waals surface area contributed by atoms with Crippen LogP contribution in [0.4, 0.5) is 10.5 Å². The summed E-state index contributed by atoms with van der Waals surface area (Å²) in [6.45, 7) is 4.03. The predicted molar refractivity (Wildman–Crippen MR) is 120 cm³/mol. The summed E-state index contributed by atoms with van der Waals surface area (Å²) in [4.78, 5) is 21.6. The largest absolute Gasteiger partial charge is 0.493 e. The maximum absolute atomic E-state index is 12.9. The molecule has 1 aliphatic carbocycles. The van der Waals surface area contributed by atoms with E-state index < -0.39 is 0 Å². The molecule has 2 aromatic rings. The number of urea groups is 1. The lowest BCUT2D eigenvalue weighted by molar-refractivity contribution is 0.201. The molecule has 1 saturated carbocycles. The number of nitrogens with zero attached hydrogens (tertiary/aromatic N) is 4. The predicted octanol–water partition coefficient (Wildman–Crippen LogP) is 3.49. The zero-order chi connectivity index (χ0) is 21.6. The third-order valence-electron chi connectivity index (χ3n) is 6.17. The van der Waals surface area contributed by atoms with Gasteiger partial charge in [0.25, 0.3) is 0 Å². The average molecular weight is 428 g/mol. The molecule has 8 nitrogen and oxygen atoms in total. The monoisotopic (exact) mass is 427 g/mol. The number of aryl methyl sites for hydroxylation is 1. The number of aromatic nitrogens is 2. The lowest BCUT2D eigenvalue weighted by Gasteiger charge is -2.23. The fourth-order valence-corrected chi connectivity index (χ4v) is 4.32. The number of methoxy groups -OCH3 is 1. The number of anilines is 1. The van der Waals surface area contributed by atoms with Crippen LogP contribution in [0, 0.1) is 0 Å². The van der Waals surface area contributed by atoms with Crippen molar-refractivity contribution in [2.75, 3.05) is 38.6 Å². The van der Waals surface area contributed by atoms with Gasteiger partial charge in [0.05, 0.1) is 19.8 Å². The van der Waals surface area contributed by atoms with Gasteiger partial charge < -0.3 is 24.3 Å². The zero-order valence-corrected chi connectivity index (χ0v) is 18.5. The molecule has 31 heavy (non-hydrogen) atoms. The number of amides is 2. The molecule has 2 aliphatic rings. The van der Waals surface area contributed by atoms with E-state index >= 15 is 0 Å². The van der Waals surface area contributed by atoms with Crippen molar-refractivity contribution >= 4 is 11.7 Å². The van der Waals surface area contributed by atoms with E-state index in [1.807, 2.05) is 47.1 Å². The summed E-state index contributed by atoms with van der Waals surface area (Å²) in [5.41, 5.74) is 0.730. The first-order valence-corrected chi connectivity index (χ1v) is 11.2. The first-order chi connectivity index (χ1) is 15.1. The minimum absolute atomic E-state index is 0.0733. The second-order valence-electron chi connectivity index (χ2n) is 8.39. The summed E-state index contributed by atoms with van der Waals surface area (Å²) in [5.74, 6) is 2.44. The van der Waals surface area contributed by atoms with Gasteiger partial charge in [0.2, 0.25) is 0 Å². The van der Waals surface area contributed by atoms with E-state index in [0.29, 0.717) is 18.0 Å². The third-order valence-corrected chi connectivity index (χ3v) is 6.17. The van der Waals surface area contributed by atoms with Gasteiger partial charge in [-0.05, 0) is 44.2 Å². The number of carbonyl (C=O) groups is 1. The van der Waals surface area contributed by atoms with Gasteiger partial charge in [-0.3, -0.25) is 4.90 Å². The Labute approximate surface area is 184 Å². The lowest BCUT2D eigenvalue weighted by atomic mass is 10.2. The normalized spacial score (nSPS) is 18.1. The van der Waals surface area contributed by atoms with E-state index in [-0.39, 0.29) is 12.1 Å². The van der Waals surface area contributed by atoms with Crippen LogP contribution in [0.5, 0.6) is 11.5 Å². The standard InChI is InChI=1S/C23H33N5O3/c1-26-13-10-24-22(26)17-27-11-5-12-28(15-14-27)23(29)25-18-8-9-20(30-2)21(16-18)31-19-6-3-4-7-19/h8-10,13,16,19H,3-7,11-12,14-15,17H2,1-2H3,(H,25,29). The first kappa shape index (κ1) is 21.5. The Bertz CT molecular complexity index is 878. The van der Waals surface area contributed by atoms with Crippen LogP contribution >= 0.6 is 0 Å². The quantitative estimate of drug-likeness (QED) is 0.764. The van der Waals surface area contributed by atoms with Crippen molar-refractivity contribution in [3.63, 3.8) is 0 Å². The van der Waals surface area contributed by atoms with Gasteiger partial charge in [0.15, 0.2) is 11.5 Å². The molecule has 4 rings (SSSR count). The average Bonchev–Trinajstić information content (AvgIpc) is 3.35. The molecule has 1 aliphatic heterocycles. The Hall–Kier alpha value is -2.74. The zero-order valence-electron chi connectivity index (χ0n) is 18.5. The fraction of sp³-hybridized carbons (Fsp3) is 0.565. The van der Waals surface area contributed by atoms with Gasteiger partial charge in [0, 0.05) is 57.4 Å². The number of imidazole rings is 1. The number of ether oxygens (including phenoxy) is 2. The van der Waals surface area contributed by atoms with Gasteiger partial charge in [-0.2, -0.15) is 0 Å². The molecule has 0 bridgehead atoms. The Morgan fingerprint density at radius 2 is 1.97 bits per heavy atom. The van der Waals surface area contributed by atoms with Gasteiger partial charge >= 0.3 is 6.03 Å². The number of benzene rings is 1. The van der Waals surface area contributed by atoms with Crippen LogP contribution in [-0.2, 0) is 13.6 Å². The Morgan fingerprint density at radius 3 is 2.71 bits per heavy atom.